The van der Waals surface area contributed by atoms with Crippen LogP contribution in [-0.2, 0) is 20.9 Å². The number of fused-ring (bicyclic) bond motifs is 1. The average molecular weight is 482 g/mol. The summed E-state index contributed by atoms with van der Waals surface area (Å²) in [6, 6.07) is 16.0. The quantitative estimate of drug-likeness (QED) is 0.512. The zero-order chi connectivity index (χ0) is 23.4. The lowest BCUT2D eigenvalue weighted by Gasteiger charge is -2.44. The van der Waals surface area contributed by atoms with Gasteiger partial charge in [0.05, 0.1) is 41.7 Å². The Morgan fingerprint density at radius 3 is 2.94 bits per heavy atom. The average Bonchev–Trinajstić information content (AvgIpc) is 3.47. The van der Waals surface area contributed by atoms with Gasteiger partial charge in [0.1, 0.15) is 5.75 Å². The van der Waals surface area contributed by atoms with Gasteiger partial charge in [-0.05, 0) is 49.9 Å². The van der Waals surface area contributed by atoms with Crippen molar-refractivity contribution in [2.75, 3.05) is 38.2 Å². The normalized spacial score (nSPS) is 22.9. The molecule has 0 bridgehead atoms. The molecule has 1 spiro atoms. The van der Waals surface area contributed by atoms with Crippen LogP contribution in [0, 0.1) is 0 Å². The second kappa shape index (κ2) is 10.4. The summed E-state index contributed by atoms with van der Waals surface area (Å²) < 4.78 is 19.2. The summed E-state index contributed by atoms with van der Waals surface area (Å²) in [4.78, 5) is 19.6. The summed E-state index contributed by atoms with van der Waals surface area (Å²) in [6.07, 6.45) is 2.90. The highest BCUT2D eigenvalue weighted by Gasteiger charge is 2.47. The Labute approximate surface area is 204 Å². The Hall–Kier alpha value is -2.52. The number of hydrogen-bond donors (Lipinski definition) is 1. The maximum absolute atomic E-state index is 12.8. The van der Waals surface area contributed by atoms with E-state index in [9.17, 15) is 4.79 Å². The molecule has 3 heterocycles. The predicted octanol–water partition coefficient (Wildman–Crippen LogP) is 4.47. The summed E-state index contributed by atoms with van der Waals surface area (Å²) >= 11 is 1.46. The van der Waals surface area contributed by atoms with Crippen molar-refractivity contribution >= 4 is 32.6 Å². The predicted molar refractivity (Wildman–Crippen MR) is 133 cm³/mol. The van der Waals surface area contributed by atoms with Gasteiger partial charge in [0.15, 0.2) is 5.13 Å². The van der Waals surface area contributed by atoms with E-state index in [2.05, 4.69) is 27.3 Å². The van der Waals surface area contributed by atoms with E-state index in [0.717, 1.165) is 53.9 Å². The van der Waals surface area contributed by atoms with Crippen LogP contribution in [0.25, 0.3) is 10.2 Å². The molecule has 0 aliphatic carbocycles. The number of amides is 1. The van der Waals surface area contributed by atoms with Gasteiger partial charge < -0.3 is 19.5 Å². The smallest absolute Gasteiger partial charge is 0.240 e. The minimum Gasteiger partial charge on any atom is -0.494 e. The molecule has 2 atom stereocenters. The van der Waals surface area contributed by atoms with Crippen molar-refractivity contribution in [1.29, 1.82) is 0 Å². The zero-order valence-electron chi connectivity index (χ0n) is 19.5. The number of piperidine rings is 1. The second-order valence-electron chi connectivity index (χ2n) is 8.92. The lowest BCUT2D eigenvalue weighted by atomic mass is 9.85. The van der Waals surface area contributed by atoms with Gasteiger partial charge in [-0.2, -0.15) is 0 Å². The highest BCUT2D eigenvalue weighted by Crippen LogP contribution is 2.38. The maximum atomic E-state index is 12.8. The molecular weight excluding hydrogens is 450 g/mol. The number of hydrogen-bond acceptors (Lipinski definition) is 7. The third-order valence-corrected chi connectivity index (χ3v) is 7.51. The summed E-state index contributed by atoms with van der Waals surface area (Å²) in [5, 5.41) is 3.59. The molecule has 2 unspecified atom stereocenters. The molecule has 5 rings (SSSR count). The SMILES string of the molecule is CCOc1ccc2nc(NC(=O)CN3CCC4(CCCO4)C(OCc4ccccc4)C3)sc2c1. The van der Waals surface area contributed by atoms with Crippen molar-refractivity contribution in [3.05, 3.63) is 54.1 Å². The molecule has 1 aromatic heterocycles. The number of carbonyl (C=O) groups is 1. The van der Waals surface area contributed by atoms with Gasteiger partial charge >= 0.3 is 0 Å². The van der Waals surface area contributed by atoms with Gasteiger partial charge in [-0.25, -0.2) is 4.98 Å². The first kappa shape index (κ1) is 23.2. The highest BCUT2D eigenvalue weighted by molar-refractivity contribution is 7.22. The number of nitrogens with one attached hydrogen (secondary N) is 1. The van der Waals surface area contributed by atoms with Crippen molar-refractivity contribution in [2.24, 2.45) is 0 Å². The van der Waals surface area contributed by atoms with E-state index in [4.69, 9.17) is 14.2 Å². The third-order valence-electron chi connectivity index (χ3n) is 6.57. The number of thiazole rings is 1. The van der Waals surface area contributed by atoms with Crippen molar-refractivity contribution in [3.8, 4) is 5.75 Å². The number of anilines is 1. The molecule has 34 heavy (non-hydrogen) atoms. The molecule has 3 aromatic rings. The third kappa shape index (κ3) is 5.25. The summed E-state index contributed by atoms with van der Waals surface area (Å²) in [7, 11) is 0. The Morgan fingerprint density at radius 1 is 1.26 bits per heavy atom. The molecule has 0 radical (unpaired) electrons. The van der Waals surface area contributed by atoms with Crippen LogP contribution in [0.2, 0.25) is 0 Å². The minimum atomic E-state index is -0.229. The van der Waals surface area contributed by atoms with E-state index in [1.807, 2.05) is 43.3 Å². The van der Waals surface area contributed by atoms with Gasteiger partial charge in [-0.15, -0.1) is 0 Å². The van der Waals surface area contributed by atoms with Crippen LogP contribution in [0.15, 0.2) is 48.5 Å². The van der Waals surface area contributed by atoms with Crippen LogP contribution in [0.5, 0.6) is 5.75 Å². The Kier molecular flexibility index (Phi) is 7.10. The first-order valence-corrected chi connectivity index (χ1v) is 12.8. The van der Waals surface area contributed by atoms with Crippen LogP contribution in [0.1, 0.15) is 31.7 Å². The molecule has 2 aliphatic heterocycles. The van der Waals surface area contributed by atoms with E-state index in [1.54, 1.807) is 0 Å². The standard InChI is InChI=1S/C26H31N3O4S/c1-2-31-20-9-10-21-22(15-20)34-25(27-21)28-24(30)17-29-13-12-26(11-6-14-33-26)23(16-29)32-18-19-7-4-3-5-8-19/h3-5,7-10,15,23H,2,6,11-14,16-18H2,1H3,(H,27,28,30). The summed E-state index contributed by atoms with van der Waals surface area (Å²) in [6.45, 7) is 5.71. The van der Waals surface area contributed by atoms with E-state index in [1.165, 1.54) is 11.3 Å². The Bertz CT molecular complexity index is 1110. The van der Waals surface area contributed by atoms with E-state index >= 15 is 0 Å². The molecule has 180 valence electrons. The maximum Gasteiger partial charge on any atom is 0.240 e. The monoisotopic (exact) mass is 481 g/mol. The zero-order valence-corrected chi connectivity index (χ0v) is 20.3. The van der Waals surface area contributed by atoms with E-state index in [-0.39, 0.29) is 17.6 Å². The summed E-state index contributed by atoms with van der Waals surface area (Å²) in [5.74, 6) is 0.753. The number of aromatic nitrogens is 1. The lowest BCUT2D eigenvalue weighted by Crippen LogP contribution is -2.57. The van der Waals surface area contributed by atoms with Gasteiger partial charge in [-0.3, -0.25) is 9.69 Å². The minimum absolute atomic E-state index is 0.0591. The molecule has 7 nitrogen and oxygen atoms in total. The van der Waals surface area contributed by atoms with Crippen LogP contribution in [-0.4, -0.2) is 60.3 Å². The Morgan fingerprint density at radius 2 is 2.15 bits per heavy atom. The number of ether oxygens (including phenoxy) is 3. The number of nitrogens with zero attached hydrogens (tertiary/aromatic N) is 2. The van der Waals surface area contributed by atoms with Crippen LogP contribution in [0.3, 0.4) is 0 Å². The van der Waals surface area contributed by atoms with Gasteiger partial charge in [0.2, 0.25) is 5.91 Å². The van der Waals surface area contributed by atoms with Crippen molar-refractivity contribution in [3.63, 3.8) is 0 Å². The van der Waals surface area contributed by atoms with Gasteiger partial charge in [0, 0.05) is 19.7 Å². The largest absolute Gasteiger partial charge is 0.494 e. The molecule has 1 N–H and O–H groups in total. The van der Waals surface area contributed by atoms with E-state index in [0.29, 0.717) is 31.4 Å². The van der Waals surface area contributed by atoms with Crippen molar-refractivity contribution < 1.29 is 19.0 Å². The fourth-order valence-electron chi connectivity index (χ4n) is 4.87. The first-order valence-electron chi connectivity index (χ1n) is 12.0. The number of rotatable bonds is 8. The molecule has 1 amide bonds. The topological polar surface area (TPSA) is 72.9 Å². The number of carbonyl (C=O) groups excluding carboxylic acids is 1. The molecular formula is C26H31N3O4S. The van der Waals surface area contributed by atoms with Crippen LogP contribution in [0.4, 0.5) is 5.13 Å². The van der Waals surface area contributed by atoms with E-state index < -0.39 is 0 Å². The van der Waals surface area contributed by atoms with Crippen molar-refractivity contribution in [2.45, 2.75) is 44.5 Å². The van der Waals surface area contributed by atoms with Crippen LogP contribution >= 0.6 is 11.3 Å². The highest BCUT2D eigenvalue weighted by atomic mass is 32.1. The number of benzene rings is 2. The number of likely N-dealkylation sites (tertiary alicyclic amines) is 1. The Balaban J connectivity index is 1.20. The lowest BCUT2D eigenvalue weighted by molar-refractivity contribution is -0.159. The first-order chi connectivity index (χ1) is 16.6. The van der Waals surface area contributed by atoms with Gasteiger partial charge in [0.25, 0.3) is 0 Å². The fraction of sp³-hybridized carbons (Fsp3) is 0.462. The molecule has 2 saturated heterocycles. The molecule has 2 aliphatic rings. The van der Waals surface area contributed by atoms with Gasteiger partial charge in [-0.1, -0.05) is 41.7 Å². The van der Waals surface area contributed by atoms with Crippen molar-refractivity contribution in [1.82, 2.24) is 9.88 Å². The fourth-order valence-corrected chi connectivity index (χ4v) is 5.78. The van der Waals surface area contributed by atoms with Crippen LogP contribution < -0.4 is 10.1 Å². The molecule has 0 saturated carbocycles. The molecule has 2 fully saturated rings. The summed E-state index contributed by atoms with van der Waals surface area (Å²) in [5.41, 5.74) is 1.78. The second-order valence-corrected chi connectivity index (χ2v) is 9.95. The molecule has 2 aromatic carbocycles. The molecule has 8 heteroatoms.